The molecule has 90 valence electrons. The van der Waals surface area contributed by atoms with Gasteiger partial charge in [-0.25, -0.2) is 4.98 Å². The Kier molecular flexibility index (Phi) is 5.82. The summed E-state index contributed by atoms with van der Waals surface area (Å²) in [7, 11) is 0. The maximum absolute atomic E-state index is 5.70. The third-order valence-electron chi connectivity index (χ3n) is 2.04. The highest BCUT2D eigenvalue weighted by atomic mass is 16.5. The zero-order chi connectivity index (χ0) is 11.8. The van der Waals surface area contributed by atoms with Crippen molar-refractivity contribution in [3.8, 4) is 5.88 Å². The minimum absolute atomic E-state index is 0.159. The Balaban J connectivity index is 2.33. The number of pyridine rings is 1. The van der Waals surface area contributed by atoms with E-state index in [1.165, 1.54) is 0 Å². The molecule has 0 saturated heterocycles. The van der Waals surface area contributed by atoms with E-state index in [4.69, 9.17) is 15.2 Å². The van der Waals surface area contributed by atoms with Crippen molar-refractivity contribution in [3.05, 3.63) is 23.9 Å². The van der Waals surface area contributed by atoms with Gasteiger partial charge in [-0.2, -0.15) is 0 Å². The fraction of sp³-hybridized carbons (Fsp3) is 0.583. The molecule has 1 aromatic heterocycles. The lowest BCUT2D eigenvalue weighted by Gasteiger charge is -2.07. The van der Waals surface area contributed by atoms with Gasteiger partial charge in [-0.3, -0.25) is 0 Å². The Labute approximate surface area is 96.8 Å². The van der Waals surface area contributed by atoms with Crippen LogP contribution in [0.5, 0.6) is 5.88 Å². The van der Waals surface area contributed by atoms with E-state index in [-0.39, 0.29) is 6.04 Å². The first kappa shape index (κ1) is 12.9. The SMILES string of the molecule is CCOCCOc1ccc(CC(C)N)cn1. The molecule has 1 aromatic rings. The molecule has 2 N–H and O–H groups in total. The van der Waals surface area contributed by atoms with Crippen LogP contribution in [0.25, 0.3) is 0 Å². The van der Waals surface area contributed by atoms with Crippen LogP contribution in [0.15, 0.2) is 18.3 Å². The molecular weight excluding hydrogens is 204 g/mol. The van der Waals surface area contributed by atoms with Gasteiger partial charge in [0.25, 0.3) is 0 Å². The number of nitrogens with zero attached hydrogens (tertiary/aromatic N) is 1. The maximum atomic E-state index is 5.70. The van der Waals surface area contributed by atoms with E-state index < -0.39 is 0 Å². The predicted octanol–water partition coefficient (Wildman–Crippen LogP) is 1.39. The second-order valence-electron chi connectivity index (χ2n) is 3.73. The molecule has 4 nitrogen and oxygen atoms in total. The molecule has 0 aliphatic rings. The van der Waals surface area contributed by atoms with Crippen molar-refractivity contribution < 1.29 is 9.47 Å². The van der Waals surface area contributed by atoms with Gasteiger partial charge >= 0.3 is 0 Å². The van der Waals surface area contributed by atoms with Gasteiger partial charge < -0.3 is 15.2 Å². The smallest absolute Gasteiger partial charge is 0.213 e. The summed E-state index contributed by atoms with van der Waals surface area (Å²) in [6.07, 6.45) is 2.64. The number of aromatic nitrogens is 1. The van der Waals surface area contributed by atoms with Crippen molar-refractivity contribution >= 4 is 0 Å². The van der Waals surface area contributed by atoms with Gasteiger partial charge in [0.05, 0.1) is 6.61 Å². The van der Waals surface area contributed by atoms with Gasteiger partial charge in [-0.15, -0.1) is 0 Å². The van der Waals surface area contributed by atoms with Gasteiger partial charge in [-0.05, 0) is 25.8 Å². The fourth-order valence-corrected chi connectivity index (χ4v) is 1.34. The van der Waals surface area contributed by atoms with Crippen molar-refractivity contribution in [2.24, 2.45) is 5.73 Å². The summed E-state index contributed by atoms with van der Waals surface area (Å²) >= 11 is 0. The average molecular weight is 224 g/mol. The molecule has 0 spiro atoms. The zero-order valence-electron chi connectivity index (χ0n) is 9.98. The van der Waals surface area contributed by atoms with Gasteiger partial charge in [-0.1, -0.05) is 6.07 Å². The molecule has 1 heterocycles. The summed E-state index contributed by atoms with van der Waals surface area (Å²) in [5, 5.41) is 0. The van der Waals surface area contributed by atoms with E-state index >= 15 is 0 Å². The van der Waals surface area contributed by atoms with Crippen molar-refractivity contribution in [3.63, 3.8) is 0 Å². The Morgan fingerprint density at radius 1 is 1.38 bits per heavy atom. The molecule has 0 amide bonds. The number of nitrogens with two attached hydrogens (primary N) is 1. The molecule has 0 aliphatic heterocycles. The Morgan fingerprint density at radius 3 is 2.75 bits per heavy atom. The van der Waals surface area contributed by atoms with E-state index in [0.29, 0.717) is 25.7 Å². The number of hydrogen-bond donors (Lipinski definition) is 1. The summed E-state index contributed by atoms with van der Waals surface area (Å²) in [5.74, 6) is 0.633. The van der Waals surface area contributed by atoms with Crippen LogP contribution >= 0.6 is 0 Å². The van der Waals surface area contributed by atoms with E-state index in [1.54, 1.807) is 6.20 Å². The highest BCUT2D eigenvalue weighted by Gasteiger charge is 1.99. The molecule has 16 heavy (non-hydrogen) atoms. The lowest BCUT2D eigenvalue weighted by Crippen LogP contribution is -2.17. The second kappa shape index (κ2) is 7.19. The van der Waals surface area contributed by atoms with Gasteiger partial charge in [0, 0.05) is 24.9 Å². The van der Waals surface area contributed by atoms with Crippen molar-refractivity contribution in [2.45, 2.75) is 26.3 Å². The summed E-state index contributed by atoms with van der Waals surface area (Å²) in [6.45, 7) is 5.78. The monoisotopic (exact) mass is 224 g/mol. The molecule has 4 heteroatoms. The Morgan fingerprint density at radius 2 is 2.19 bits per heavy atom. The Bertz CT molecular complexity index is 286. The first-order chi connectivity index (χ1) is 7.72. The van der Waals surface area contributed by atoms with Crippen LogP contribution in [0.2, 0.25) is 0 Å². The lowest BCUT2D eigenvalue weighted by atomic mass is 10.1. The molecule has 0 aliphatic carbocycles. The van der Waals surface area contributed by atoms with Crippen LogP contribution in [0.1, 0.15) is 19.4 Å². The van der Waals surface area contributed by atoms with Crippen molar-refractivity contribution in [1.82, 2.24) is 4.98 Å². The van der Waals surface area contributed by atoms with Gasteiger partial charge in [0.2, 0.25) is 5.88 Å². The third-order valence-corrected chi connectivity index (χ3v) is 2.04. The molecule has 0 aromatic carbocycles. The quantitative estimate of drug-likeness (QED) is 0.711. The molecular formula is C12H20N2O2. The average Bonchev–Trinajstić information content (AvgIpc) is 2.26. The highest BCUT2D eigenvalue weighted by molar-refractivity contribution is 5.18. The van der Waals surface area contributed by atoms with Crippen LogP contribution in [-0.4, -0.2) is 30.8 Å². The molecule has 1 rings (SSSR count). The minimum Gasteiger partial charge on any atom is -0.475 e. The van der Waals surface area contributed by atoms with E-state index in [0.717, 1.165) is 12.0 Å². The van der Waals surface area contributed by atoms with Crippen molar-refractivity contribution in [2.75, 3.05) is 19.8 Å². The topological polar surface area (TPSA) is 57.4 Å². The first-order valence-corrected chi connectivity index (χ1v) is 5.63. The molecule has 1 atom stereocenters. The Hall–Kier alpha value is -1.13. The normalized spacial score (nSPS) is 12.4. The lowest BCUT2D eigenvalue weighted by molar-refractivity contribution is 0.108. The summed E-state index contributed by atoms with van der Waals surface area (Å²) in [6, 6.07) is 4.02. The van der Waals surface area contributed by atoms with Crippen molar-refractivity contribution in [1.29, 1.82) is 0 Å². The zero-order valence-corrected chi connectivity index (χ0v) is 9.98. The van der Waals surface area contributed by atoms with Crippen LogP contribution in [0.4, 0.5) is 0 Å². The molecule has 0 saturated carbocycles. The van der Waals surface area contributed by atoms with Crippen LogP contribution in [0.3, 0.4) is 0 Å². The summed E-state index contributed by atoms with van der Waals surface area (Å²) in [5.41, 5.74) is 6.83. The molecule has 0 bridgehead atoms. The predicted molar refractivity (Wildman–Crippen MR) is 63.6 cm³/mol. The highest BCUT2D eigenvalue weighted by Crippen LogP contribution is 2.08. The van der Waals surface area contributed by atoms with Gasteiger partial charge in [0.15, 0.2) is 0 Å². The maximum Gasteiger partial charge on any atom is 0.213 e. The standard InChI is InChI=1S/C12H20N2O2/c1-3-15-6-7-16-12-5-4-11(9-14-12)8-10(2)13/h4-5,9-10H,3,6-8,13H2,1-2H3. The van der Waals surface area contributed by atoms with Crippen LogP contribution in [0, 0.1) is 0 Å². The summed E-state index contributed by atoms with van der Waals surface area (Å²) in [4.78, 5) is 4.20. The fourth-order valence-electron chi connectivity index (χ4n) is 1.34. The number of rotatable bonds is 7. The summed E-state index contributed by atoms with van der Waals surface area (Å²) < 4.78 is 10.6. The molecule has 1 unspecified atom stereocenters. The van der Waals surface area contributed by atoms with E-state index in [2.05, 4.69) is 4.98 Å². The second-order valence-corrected chi connectivity index (χ2v) is 3.73. The van der Waals surface area contributed by atoms with Gasteiger partial charge in [0.1, 0.15) is 6.61 Å². The first-order valence-electron chi connectivity index (χ1n) is 5.63. The van der Waals surface area contributed by atoms with Crippen LogP contribution in [-0.2, 0) is 11.2 Å². The molecule has 0 radical (unpaired) electrons. The van der Waals surface area contributed by atoms with E-state index in [1.807, 2.05) is 26.0 Å². The third kappa shape index (κ3) is 5.09. The van der Waals surface area contributed by atoms with Crippen LogP contribution < -0.4 is 10.5 Å². The number of ether oxygens (including phenoxy) is 2. The minimum atomic E-state index is 0.159. The largest absolute Gasteiger partial charge is 0.475 e. The number of hydrogen-bond acceptors (Lipinski definition) is 4. The van der Waals surface area contributed by atoms with E-state index in [9.17, 15) is 0 Å². The molecule has 0 fully saturated rings.